The lowest BCUT2D eigenvalue weighted by Gasteiger charge is -2.09. The number of rotatable bonds is 5. The van der Waals surface area contributed by atoms with Gasteiger partial charge in [-0.25, -0.2) is 9.78 Å². The quantitative estimate of drug-likeness (QED) is 0.879. The molecule has 0 saturated heterocycles. The summed E-state index contributed by atoms with van der Waals surface area (Å²) < 4.78 is 5.05. The van der Waals surface area contributed by atoms with Crippen molar-refractivity contribution < 1.29 is 19.4 Å². The number of methoxy groups -OCH3 is 1. The van der Waals surface area contributed by atoms with E-state index in [1.165, 1.54) is 18.3 Å². The average molecular weight is 286 g/mol. The number of aromatic nitrogens is 1. The van der Waals surface area contributed by atoms with E-state index < -0.39 is 5.97 Å². The Hall–Kier alpha value is -2.73. The molecule has 0 aliphatic rings. The van der Waals surface area contributed by atoms with Crippen molar-refractivity contribution in [2.45, 2.75) is 6.61 Å². The molecule has 0 saturated carbocycles. The molecule has 2 N–H and O–H groups in total. The van der Waals surface area contributed by atoms with E-state index in [0.717, 1.165) is 5.56 Å². The van der Waals surface area contributed by atoms with E-state index in [2.05, 4.69) is 10.3 Å². The Morgan fingerprint density at radius 3 is 2.62 bits per heavy atom. The number of aromatic carboxylic acids is 1. The summed E-state index contributed by atoms with van der Waals surface area (Å²) in [4.78, 5) is 26.7. The van der Waals surface area contributed by atoms with Crippen LogP contribution >= 0.6 is 0 Å². The molecule has 2 rings (SSSR count). The average Bonchev–Trinajstić information content (AvgIpc) is 2.48. The van der Waals surface area contributed by atoms with Gasteiger partial charge in [0.1, 0.15) is 5.69 Å². The van der Waals surface area contributed by atoms with Crippen molar-refractivity contribution in [2.75, 3.05) is 12.4 Å². The second kappa shape index (κ2) is 6.62. The van der Waals surface area contributed by atoms with Gasteiger partial charge in [-0.1, -0.05) is 18.2 Å². The lowest BCUT2D eigenvalue weighted by molar-refractivity contribution is 0.0690. The van der Waals surface area contributed by atoms with Gasteiger partial charge in [0, 0.05) is 12.7 Å². The maximum atomic E-state index is 12.2. The fourth-order valence-corrected chi connectivity index (χ4v) is 1.82. The van der Waals surface area contributed by atoms with Crippen LogP contribution < -0.4 is 5.32 Å². The molecular weight excluding hydrogens is 272 g/mol. The van der Waals surface area contributed by atoms with Crippen LogP contribution in [0.4, 0.5) is 5.69 Å². The molecule has 0 unspecified atom stereocenters. The number of carboxylic acids is 1. The van der Waals surface area contributed by atoms with Crippen molar-refractivity contribution in [3.63, 3.8) is 0 Å². The Kier molecular flexibility index (Phi) is 4.63. The van der Waals surface area contributed by atoms with E-state index in [1.807, 2.05) is 12.1 Å². The van der Waals surface area contributed by atoms with Crippen LogP contribution in [-0.2, 0) is 11.3 Å². The van der Waals surface area contributed by atoms with Crippen LogP contribution in [0.15, 0.2) is 42.6 Å². The predicted octanol–water partition coefficient (Wildman–Crippen LogP) is 2.18. The van der Waals surface area contributed by atoms with Crippen LogP contribution in [0, 0.1) is 0 Å². The Bertz CT molecular complexity index is 653. The van der Waals surface area contributed by atoms with E-state index in [9.17, 15) is 9.59 Å². The minimum atomic E-state index is -1.11. The Balaban J connectivity index is 2.16. The summed E-state index contributed by atoms with van der Waals surface area (Å²) in [6.45, 7) is 0.333. The topological polar surface area (TPSA) is 88.5 Å². The Labute approximate surface area is 121 Å². The standard InChI is InChI=1S/C15H14N2O4/c1-21-9-10-4-2-3-5-12(10)14(18)17-11-6-7-13(15(19)20)16-8-11/h2-8H,9H2,1H3,(H,17,18)(H,19,20). The van der Waals surface area contributed by atoms with Crippen LogP contribution in [0.3, 0.4) is 0 Å². The summed E-state index contributed by atoms with van der Waals surface area (Å²) in [5, 5.41) is 11.4. The third-order valence-corrected chi connectivity index (χ3v) is 2.80. The van der Waals surface area contributed by atoms with Crippen molar-refractivity contribution in [2.24, 2.45) is 0 Å². The molecule has 1 aromatic carbocycles. The molecule has 0 atom stereocenters. The molecular formula is C15H14N2O4. The van der Waals surface area contributed by atoms with Gasteiger partial charge >= 0.3 is 5.97 Å². The van der Waals surface area contributed by atoms with Gasteiger partial charge in [0.15, 0.2) is 0 Å². The number of carbonyl (C=O) groups is 2. The molecule has 0 aliphatic carbocycles. The SMILES string of the molecule is COCc1ccccc1C(=O)Nc1ccc(C(=O)O)nc1. The monoisotopic (exact) mass is 286 g/mol. The van der Waals surface area contributed by atoms with Gasteiger partial charge in [-0.05, 0) is 23.8 Å². The van der Waals surface area contributed by atoms with E-state index >= 15 is 0 Å². The molecule has 108 valence electrons. The maximum Gasteiger partial charge on any atom is 0.354 e. The van der Waals surface area contributed by atoms with Crippen molar-refractivity contribution in [1.29, 1.82) is 0 Å². The number of carbonyl (C=O) groups excluding carboxylic acids is 1. The summed E-state index contributed by atoms with van der Waals surface area (Å²) in [6.07, 6.45) is 1.31. The molecule has 1 aromatic heterocycles. The fourth-order valence-electron chi connectivity index (χ4n) is 1.82. The van der Waals surface area contributed by atoms with E-state index in [1.54, 1.807) is 19.2 Å². The highest BCUT2D eigenvalue weighted by Crippen LogP contribution is 2.13. The van der Waals surface area contributed by atoms with Gasteiger partial charge in [0.2, 0.25) is 0 Å². The third-order valence-electron chi connectivity index (χ3n) is 2.80. The minimum Gasteiger partial charge on any atom is -0.477 e. The van der Waals surface area contributed by atoms with Crippen LogP contribution in [0.1, 0.15) is 26.4 Å². The van der Waals surface area contributed by atoms with Crippen molar-refractivity contribution in [1.82, 2.24) is 4.98 Å². The highest BCUT2D eigenvalue weighted by atomic mass is 16.5. The first-order valence-electron chi connectivity index (χ1n) is 6.19. The van der Waals surface area contributed by atoms with Crippen molar-refractivity contribution in [3.05, 3.63) is 59.4 Å². The smallest absolute Gasteiger partial charge is 0.354 e. The lowest BCUT2D eigenvalue weighted by atomic mass is 10.1. The summed E-state index contributed by atoms with van der Waals surface area (Å²) in [5.74, 6) is -1.41. The molecule has 0 spiro atoms. The minimum absolute atomic E-state index is 0.0761. The van der Waals surface area contributed by atoms with Gasteiger partial charge in [-0.3, -0.25) is 4.79 Å². The van der Waals surface area contributed by atoms with Crippen molar-refractivity contribution in [3.8, 4) is 0 Å². The number of anilines is 1. The highest BCUT2D eigenvalue weighted by Gasteiger charge is 2.11. The first-order valence-corrected chi connectivity index (χ1v) is 6.19. The maximum absolute atomic E-state index is 12.2. The molecule has 0 fully saturated rings. The number of pyridine rings is 1. The second-order valence-corrected chi connectivity index (χ2v) is 4.28. The molecule has 0 bridgehead atoms. The normalized spacial score (nSPS) is 10.1. The Morgan fingerprint density at radius 1 is 1.24 bits per heavy atom. The van der Waals surface area contributed by atoms with Gasteiger partial charge in [-0.15, -0.1) is 0 Å². The second-order valence-electron chi connectivity index (χ2n) is 4.28. The van der Waals surface area contributed by atoms with Crippen molar-refractivity contribution >= 4 is 17.6 Å². The molecule has 6 heteroatoms. The first kappa shape index (κ1) is 14.7. The fraction of sp³-hybridized carbons (Fsp3) is 0.133. The van der Waals surface area contributed by atoms with Gasteiger partial charge in [0.25, 0.3) is 5.91 Å². The third kappa shape index (κ3) is 3.64. The Morgan fingerprint density at radius 2 is 2.00 bits per heavy atom. The van der Waals surface area contributed by atoms with Crippen LogP contribution in [-0.4, -0.2) is 29.1 Å². The molecule has 2 aromatic rings. The van der Waals surface area contributed by atoms with Crippen LogP contribution in [0.5, 0.6) is 0 Å². The molecule has 0 radical (unpaired) electrons. The predicted molar refractivity (Wildman–Crippen MR) is 76.3 cm³/mol. The highest BCUT2D eigenvalue weighted by molar-refractivity contribution is 6.05. The summed E-state index contributed by atoms with van der Waals surface area (Å²) >= 11 is 0. The molecule has 1 amide bonds. The number of nitrogens with one attached hydrogen (secondary N) is 1. The molecule has 1 heterocycles. The zero-order valence-electron chi connectivity index (χ0n) is 11.4. The zero-order chi connectivity index (χ0) is 15.2. The summed E-state index contributed by atoms with van der Waals surface area (Å²) in [7, 11) is 1.56. The number of carboxylic acid groups (broad SMARTS) is 1. The van der Waals surface area contributed by atoms with E-state index in [0.29, 0.717) is 17.9 Å². The number of nitrogens with zero attached hydrogens (tertiary/aromatic N) is 1. The molecule has 6 nitrogen and oxygen atoms in total. The van der Waals surface area contributed by atoms with Crippen LogP contribution in [0.2, 0.25) is 0 Å². The van der Waals surface area contributed by atoms with Gasteiger partial charge in [0.05, 0.1) is 18.5 Å². The molecule has 0 aliphatic heterocycles. The largest absolute Gasteiger partial charge is 0.477 e. The van der Waals surface area contributed by atoms with E-state index in [4.69, 9.17) is 9.84 Å². The lowest BCUT2D eigenvalue weighted by Crippen LogP contribution is -2.15. The molecule has 21 heavy (non-hydrogen) atoms. The van der Waals surface area contributed by atoms with Gasteiger partial charge < -0.3 is 15.2 Å². The number of benzene rings is 1. The van der Waals surface area contributed by atoms with E-state index in [-0.39, 0.29) is 11.6 Å². The number of hydrogen-bond acceptors (Lipinski definition) is 4. The van der Waals surface area contributed by atoms with Crippen LogP contribution in [0.25, 0.3) is 0 Å². The number of ether oxygens (including phenoxy) is 1. The summed E-state index contributed by atoms with van der Waals surface area (Å²) in [6, 6.07) is 9.92. The number of hydrogen-bond donors (Lipinski definition) is 2. The van der Waals surface area contributed by atoms with Gasteiger partial charge in [-0.2, -0.15) is 0 Å². The number of amides is 1. The zero-order valence-corrected chi connectivity index (χ0v) is 11.4. The first-order chi connectivity index (χ1) is 10.1. The summed E-state index contributed by atoms with van der Waals surface area (Å²) in [5.41, 5.74) is 1.62.